The molecule has 0 aromatic heterocycles. The van der Waals surface area contributed by atoms with E-state index >= 15 is 0 Å². The summed E-state index contributed by atoms with van der Waals surface area (Å²) in [6.07, 6.45) is 0. The number of hydrogen-bond donors (Lipinski definition) is 0. The van der Waals surface area contributed by atoms with E-state index in [1.54, 1.807) is 0 Å². The van der Waals surface area contributed by atoms with Crippen molar-refractivity contribution in [3.63, 3.8) is 0 Å². The largest absolute Gasteiger partial charge is 0.307 e. The topological polar surface area (TPSA) is 102 Å². The number of hydrogen-bond acceptors (Lipinski definition) is 6. The molecule has 0 radical (unpaired) electrons. The van der Waals surface area contributed by atoms with Crippen molar-refractivity contribution < 1.29 is 46.1 Å². The van der Waals surface area contributed by atoms with Crippen molar-refractivity contribution in [2.45, 2.75) is 0 Å². The van der Waals surface area contributed by atoms with Crippen LogP contribution in [0.25, 0.3) is 0 Å². The van der Waals surface area contributed by atoms with E-state index in [0.717, 1.165) is 0 Å². The first-order chi connectivity index (χ1) is 6.00. The Bertz CT molecular complexity index is 32.6. The Morgan fingerprint density at radius 2 is 0.308 bits per heavy atom. The van der Waals surface area contributed by atoms with Crippen molar-refractivity contribution in [3.8, 4) is 0 Å². The molecular weight excluding hydrogens is 220 g/mol. The maximum Gasteiger partial charge on any atom is 0.106 e. The molecule has 78 valence electrons. The second-order valence-corrected chi connectivity index (χ2v) is 0. The predicted octanol–water partition coefficient (Wildman–Crippen LogP) is -1.11. The molecule has 0 heterocycles. The maximum absolute atomic E-state index is 8.00. The fourth-order valence-electron chi connectivity index (χ4n) is 0. The van der Waals surface area contributed by atoms with Gasteiger partial charge in [-0.1, -0.05) is 0 Å². The van der Waals surface area contributed by atoms with Crippen LogP contribution in [0.3, 0.4) is 0 Å². The average molecular weight is 232 g/mol. The van der Waals surface area contributed by atoms with Crippen LogP contribution in [0.1, 0.15) is 0 Å². The molecule has 0 aliphatic heterocycles. The fourth-order valence-corrected chi connectivity index (χ4v) is 0. The second-order valence-electron chi connectivity index (χ2n) is 0. The number of carbonyl (C=O) groups is 6. The van der Waals surface area contributed by atoms with Crippen LogP contribution in [0.5, 0.6) is 0 Å². The summed E-state index contributed by atoms with van der Waals surface area (Å²) in [5.74, 6) is 0. The Morgan fingerprint density at radius 3 is 0.308 bits per heavy atom. The molecular formula is C6H12CrO6. The third kappa shape index (κ3) is 368. The zero-order chi connectivity index (χ0) is 12.0. The molecule has 0 saturated carbocycles. The summed E-state index contributed by atoms with van der Waals surface area (Å²) in [4.78, 5) is 48.0. The smallest absolute Gasteiger partial charge is 0.106 e. The van der Waals surface area contributed by atoms with Crippen molar-refractivity contribution in [3.05, 3.63) is 0 Å². The minimum Gasteiger partial charge on any atom is -0.307 e. The van der Waals surface area contributed by atoms with Crippen molar-refractivity contribution in [1.82, 2.24) is 0 Å². The molecule has 0 N–H and O–H groups in total. The summed E-state index contributed by atoms with van der Waals surface area (Å²) in [6.45, 7) is 12.0. The van der Waals surface area contributed by atoms with Gasteiger partial charge < -0.3 is 28.8 Å². The summed E-state index contributed by atoms with van der Waals surface area (Å²) in [7, 11) is 0. The van der Waals surface area contributed by atoms with Crippen molar-refractivity contribution in [1.29, 1.82) is 0 Å². The second kappa shape index (κ2) is 460. The van der Waals surface area contributed by atoms with Gasteiger partial charge in [0.05, 0.1) is 0 Å². The summed E-state index contributed by atoms with van der Waals surface area (Å²) in [6, 6.07) is 0. The molecule has 6 nitrogen and oxygen atoms in total. The van der Waals surface area contributed by atoms with Gasteiger partial charge in [-0.3, -0.25) is 0 Å². The monoisotopic (exact) mass is 232 g/mol. The molecule has 13 heavy (non-hydrogen) atoms. The Hall–Kier alpha value is -1.45. The third-order valence-electron chi connectivity index (χ3n) is 0. The first-order valence-corrected chi connectivity index (χ1v) is 1.73. The molecule has 0 aliphatic rings. The van der Waals surface area contributed by atoms with Crippen LogP contribution < -0.4 is 0 Å². The van der Waals surface area contributed by atoms with Gasteiger partial charge in [-0.25, -0.2) is 0 Å². The molecule has 0 atom stereocenters. The van der Waals surface area contributed by atoms with E-state index in [9.17, 15) is 0 Å². The Kier molecular flexibility index (Phi) is 2190. The third-order valence-corrected chi connectivity index (χ3v) is 0. The van der Waals surface area contributed by atoms with Gasteiger partial charge >= 0.3 is 0 Å². The van der Waals surface area contributed by atoms with E-state index in [0.29, 0.717) is 0 Å². The molecule has 0 aliphatic carbocycles. The molecule has 0 rings (SSSR count). The Labute approximate surface area is 87.4 Å². The zero-order valence-electron chi connectivity index (χ0n) is 7.10. The first kappa shape index (κ1) is 62.1. The van der Waals surface area contributed by atoms with Gasteiger partial charge in [0.2, 0.25) is 0 Å². The number of carbonyl (C=O) groups excluding carboxylic acids is 6. The minimum atomic E-state index is 0. The van der Waals surface area contributed by atoms with Gasteiger partial charge in [0.15, 0.2) is 0 Å². The van der Waals surface area contributed by atoms with Crippen molar-refractivity contribution in [2.75, 3.05) is 0 Å². The summed E-state index contributed by atoms with van der Waals surface area (Å²) in [5.41, 5.74) is 0. The quantitative estimate of drug-likeness (QED) is 0.524. The normalized spacial score (nSPS) is 1.85. The number of rotatable bonds is 0. The van der Waals surface area contributed by atoms with E-state index in [1.807, 2.05) is 40.7 Å². The van der Waals surface area contributed by atoms with E-state index in [-0.39, 0.29) is 17.4 Å². The summed E-state index contributed by atoms with van der Waals surface area (Å²) in [5, 5.41) is 0. The molecule has 0 bridgehead atoms. The van der Waals surface area contributed by atoms with E-state index < -0.39 is 0 Å². The van der Waals surface area contributed by atoms with Crippen LogP contribution in [0.4, 0.5) is 0 Å². The molecule has 0 fully saturated rings. The van der Waals surface area contributed by atoms with E-state index in [2.05, 4.69) is 0 Å². The molecule has 0 amide bonds. The van der Waals surface area contributed by atoms with Crippen LogP contribution in [-0.4, -0.2) is 40.7 Å². The van der Waals surface area contributed by atoms with Crippen LogP contribution in [0, 0.1) is 0 Å². The maximum atomic E-state index is 8.00. The van der Waals surface area contributed by atoms with Crippen LogP contribution in [0.15, 0.2) is 0 Å². The molecule has 7 heteroatoms. The molecule has 0 spiro atoms. The molecule has 0 aromatic rings. The zero-order valence-corrected chi connectivity index (χ0v) is 8.38. The van der Waals surface area contributed by atoms with Gasteiger partial charge in [0.25, 0.3) is 0 Å². The van der Waals surface area contributed by atoms with E-state index in [1.165, 1.54) is 0 Å². The van der Waals surface area contributed by atoms with Crippen molar-refractivity contribution in [2.24, 2.45) is 0 Å². The van der Waals surface area contributed by atoms with Crippen LogP contribution in [0.2, 0.25) is 0 Å². The van der Waals surface area contributed by atoms with Gasteiger partial charge in [0, 0.05) is 17.4 Å². The SMILES string of the molecule is C=O.C=O.C=O.C=O.C=O.C=O.[Cr]. The van der Waals surface area contributed by atoms with Gasteiger partial charge in [-0.05, 0) is 0 Å². The van der Waals surface area contributed by atoms with Gasteiger partial charge in [-0.15, -0.1) is 0 Å². The Balaban J connectivity index is -0.00000000655. The molecule has 0 unspecified atom stereocenters. The predicted molar refractivity (Wildman–Crippen MR) is 42.7 cm³/mol. The Morgan fingerprint density at radius 1 is 0.308 bits per heavy atom. The van der Waals surface area contributed by atoms with Gasteiger partial charge in [-0.2, -0.15) is 0 Å². The van der Waals surface area contributed by atoms with Crippen LogP contribution >= 0.6 is 0 Å². The summed E-state index contributed by atoms with van der Waals surface area (Å²) >= 11 is 0. The van der Waals surface area contributed by atoms with E-state index in [4.69, 9.17) is 28.8 Å². The first-order valence-electron chi connectivity index (χ1n) is 1.73. The van der Waals surface area contributed by atoms with Crippen molar-refractivity contribution >= 4 is 40.7 Å². The minimum absolute atomic E-state index is 0. The fraction of sp³-hybridized carbons (Fsp3) is 0. The molecule has 0 saturated heterocycles. The van der Waals surface area contributed by atoms with Gasteiger partial charge in [0.1, 0.15) is 40.7 Å². The standard InChI is InChI=1S/6CH2O.Cr/c6*1-2;/h6*1H2;. The summed E-state index contributed by atoms with van der Waals surface area (Å²) < 4.78 is 0. The molecule has 0 aromatic carbocycles. The average Bonchev–Trinajstić information content (AvgIpc) is 2.33. The van der Waals surface area contributed by atoms with Crippen LogP contribution in [-0.2, 0) is 46.1 Å².